The van der Waals surface area contributed by atoms with Gasteiger partial charge in [-0.1, -0.05) is 35.9 Å². The molecule has 0 unspecified atom stereocenters. The van der Waals surface area contributed by atoms with Gasteiger partial charge < -0.3 is 10.6 Å². The molecule has 0 bridgehead atoms. The van der Waals surface area contributed by atoms with E-state index >= 15 is 0 Å². The molecule has 0 atom stereocenters. The number of hydrogen-bond donors (Lipinski definition) is 2. The predicted octanol–water partition coefficient (Wildman–Crippen LogP) is 3.14. The van der Waals surface area contributed by atoms with Gasteiger partial charge in [-0.25, -0.2) is 0 Å². The highest BCUT2D eigenvalue weighted by atomic mass is 35.5. The highest BCUT2D eigenvalue weighted by Crippen LogP contribution is 2.33. The number of halogens is 1. The standard InChI is InChI=1S/C15H14ClN3/c16-13-7-10(15(17)18)5-6-14(13)19-8-11-3-1-2-4-12(11)9-19/h1-7H,8-9H2,(H3,17,18). The molecule has 0 spiro atoms. The van der Waals surface area contributed by atoms with Crippen LogP contribution in [0.15, 0.2) is 42.5 Å². The molecule has 0 fully saturated rings. The Morgan fingerprint density at radius 1 is 1.11 bits per heavy atom. The van der Waals surface area contributed by atoms with Crippen LogP contribution in [0.4, 0.5) is 5.69 Å². The van der Waals surface area contributed by atoms with Crippen molar-refractivity contribution in [1.29, 1.82) is 5.41 Å². The highest BCUT2D eigenvalue weighted by molar-refractivity contribution is 6.33. The number of fused-ring (bicyclic) bond motifs is 1. The maximum absolute atomic E-state index is 7.42. The number of amidine groups is 1. The third kappa shape index (κ3) is 2.17. The number of nitrogens with two attached hydrogens (primary N) is 1. The lowest BCUT2D eigenvalue weighted by atomic mass is 10.1. The van der Waals surface area contributed by atoms with Gasteiger partial charge in [0.05, 0.1) is 10.7 Å². The smallest absolute Gasteiger partial charge is 0.122 e. The Bertz CT molecular complexity index is 627. The van der Waals surface area contributed by atoms with Crippen molar-refractivity contribution < 1.29 is 0 Å². The molecule has 0 aliphatic carbocycles. The number of nitrogens with one attached hydrogen (secondary N) is 1. The monoisotopic (exact) mass is 271 g/mol. The molecule has 96 valence electrons. The fourth-order valence-corrected chi connectivity index (χ4v) is 2.73. The summed E-state index contributed by atoms with van der Waals surface area (Å²) in [6.07, 6.45) is 0. The van der Waals surface area contributed by atoms with E-state index in [0.717, 1.165) is 18.8 Å². The molecule has 3 N–H and O–H groups in total. The zero-order chi connectivity index (χ0) is 13.4. The minimum absolute atomic E-state index is 0.0400. The minimum atomic E-state index is 0.0400. The van der Waals surface area contributed by atoms with Crippen LogP contribution >= 0.6 is 11.6 Å². The van der Waals surface area contributed by atoms with Crippen LogP contribution in [0.1, 0.15) is 16.7 Å². The van der Waals surface area contributed by atoms with Crippen LogP contribution in [-0.2, 0) is 13.1 Å². The van der Waals surface area contributed by atoms with Gasteiger partial charge in [0.2, 0.25) is 0 Å². The molecule has 3 nitrogen and oxygen atoms in total. The van der Waals surface area contributed by atoms with E-state index in [1.165, 1.54) is 11.1 Å². The molecule has 0 aromatic heterocycles. The van der Waals surface area contributed by atoms with Crippen molar-refractivity contribution in [3.8, 4) is 0 Å². The Kier molecular flexibility index (Phi) is 2.91. The second-order valence-electron chi connectivity index (χ2n) is 4.70. The summed E-state index contributed by atoms with van der Waals surface area (Å²) >= 11 is 6.30. The average molecular weight is 272 g/mol. The van der Waals surface area contributed by atoms with Crippen LogP contribution in [0.2, 0.25) is 5.02 Å². The number of benzene rings is 2. The van der Waals surface area contributed by atoms with Crippen molar-refractivity contribution >= 4 is 23.1 Å². The lowest BCUT2D eigenvalue weighted by Gasteiger charge is -2.19. The summed E-state index contributed by atoms with van der Waals surface area (Å²) in [5, 5.41) is 8.06. The van der Waals surface area contributed by atoms with E-state index in [1.807, 2.05) is 12.1 Å². The van der Waals surface area contributed by atoms with E-state index in [-0.39, 0.29) is 5.84 Å². The highest BCUT2D eigenvalue weighted by Gasteiger charge is 2.20. The summed E-state index contributed by atoms with van der Waals surface area (Å²) in [5.41, 5.74) is 9.80. The molecule has 1 aliphatic heterocycles. The third-order valence-electron chi connectivity index (χ3n) is 3.44. The Hall–Kier alpha value is -2.00. The van der Waals surface area contributed by atoms with Gasteiger partial charge in [-0.3, -0.25) is 5.41 Å². The molecule has 2 aromatic carbocycles. The summed E-state index contributed by atoms with van der Waals surface area (Å²) in [6.45, 7) is 1.74. The van der Waals surface area contributed by atoms with E-state index in [0.29, 0.717) is 10.6 Å². The summed E-state index contributed by atoms with van der Waals surface area (Å²) in [6, 6.07) is 13.9. The lowest BCUT2D eigenvalue weighted by Crippen LogP contribution is -2.16. The molecular formula is C15H14ClN3. The summed E-state index contributed by atoms with van der Waals surface area (Å²) < 4.78 is 0. The second-order valence-corrected chi connectivity index (χ2v) is 5.11. The number of rotatable bonds is 2. The van der Waals surface area contributed by atoms with Gasteiger partial charge in [0.15, 0.2) is 0 Å². The number of nitrogens with zero attached hydrogens (tertiary/aromatic N) is 1. The van der Waals surface area contributed by atoms with Crippen molar-refractivity contribution in [3.63, 3.8) is 0 Å². The first-order valence-electron chi connectivity index (χ1n) is 6.11. The molecule has 0 saturated carbocycles. The Labute approximate surface area is 117 Å². The zero-order valence-corrected chi connectivity index (χ0v) is 11.1. The van der Waals surface area contributed by atoms with E-state index in [1.54, 1.807) is 6.07 Å². The summed E-state index contributed by atoms with van der Waals surface area (Å²) in [4.78, 5) is 2.23. The predicted molar refractivity (Wildman–Crippen MR) is 78.8 cm³/mol. The van der Waals surface area contributed by atoms with Crippen molar-refractivity contribution in [2.45, 2.75) is 13.1 Å². The van der Waals surface area contributed by atoms with Gasteiger partial charge in [-0.05, 0) is 29.3 Å². The SMILES string of the molecule is N=C(N)c1ccc(N2Cc3ccccc3C2)c(Cl)c1. The first-order valence-corrected chi connectivity index (χ1v) is 6.48. The van der Waals surface area contributed by atoms with Crippen molar-refractivity contribution in [1.82, 2.24) is 0 Å². The maximum Gasteiger partial charge on any atom is 0.122 e. The largest absolute Gasteiger partial charge is 0.384 e. The Morgan fingerprint density at radius 3 is 2.26 bits per heavy atom. The summed E-state index contributed by atoms with van der Waals surface area (Å²) in [7, 11) is 0. The first kappa shape index (κ1) is 12.1. The van der Waals surface area contributed by atoms with E-state index < -0.39 is 0 Å². The van der Waals surface area contributed by atoms with E-state index in [4.69, 9.17) is 22.7 Å². The number of nitrogen functional groups attached to an aromatic ring is 1. The van der Waals surface area contributed by atoms with Crippen molar-refractivity contribution in [3.05, 3.63) is 64.2 Å². The quantitative estimate of drug-likeness (QED) is 0.651. The van der Waals surface area contributed by atoms with Crippen LogP contribution in [0.3, 0.4) is 0 Å². The molecule has 0 radical (unpaired) electrons. The summed E-state index contributed by atoms with van der Waals surface area (Å²) in [5.74, 6) is 0.0400. The fraction of sp³-hybridized carbons (Fsp3) is 0.133. The van der Waals surface area contributed by atoms with Crippen LogP contribution in [0.5, 0.6) is 0 Å². The van der Waals surface area contributed by atoms with Crippen LogP contribution in [-0.4, -0.2) is 5.84 Å². The molecule has 0 saturated heterocycles. The van der Waals surface area contributed by atoms with Crippen molar-refractivity contribution in [2.75, 3.05) is 4.90 Å². The van der Waals surface area contributed by atoms with E-state index in [2.05, 4.69) is 29.2 Å². The third-order valence-corrected chi connectivity index (χ3v) is 3.74. The normalized spacial score (nSPS) is 13.4. The molecule has 1 heterocycles. The first-order chi connectivity index (χ1) is 9.15. The molecule has 3 rings (SSSR count). The fourth-order valence-electron chi connectivity index (χ4n) is 2.43. The molecule has 1 aliphatic rings. The van der Waals surface area contributed by atoms with E-state index in [9.17, 15) is 0 Å². The molecule has 0 amide bonds. The number of hydrogen-bond acceptors (Lipinski definition) is 2. The second kappa shape index (κ2) is 4.59. The van der Waals surface area contributed by atoms with Gasteiger partial charge in [-0.2, -0.15) is 0 Å². The topological polar surface area (TPSA) is 53.1 Å². The van der Waals surface area contributed by atoms with Gasteiger partial charge in [0.25, 0.3) is 0 Å². The van der Waals surface area contributed by atoms with Crippen LogP contribution in [0.25, 0.3) is 0 Å². The van der Waals surface area contributed by atoms with Crippen LogP contribution < -0.4 is 10.6 Å². The molecule has 2 aromatic rings. The van der Waals surface area contributed by atoms with Gasteiger partial charge >= 0.3 is 0 Å². The Balaban J connectivity index is 1.91. The van der Waals surface area contributed by atoms with Gasteiger partial charge in [0.1, 0.15) is 5.84 Å². The zero-order valence-electron chi connectivity index (χ0n) is 10.4. The molecule has 4 heteroatoms. The number of anilines is 1. The maximum atomic E-state index is 7.42. The van der Waals surface area contributed by atoms with Crippen LogP contribution in [0, 0.1) is 5.41 Å². The molecular weight excluding hydrogens is 258 g/mol. The Morgan fingerprint density at radius 2 is 1.74 bits per heavy atom. The van der Waals surface area contributed by atoms with Gasteiger partial charge in [0, 0.05) is 18.7 Å². The lowest BCUT2D eigenvalue weighted by molar-refractivity contribution is 0.880. The minimum Gasteiger partial charge on any atom is -0.384 e. The average Bonchev–Trinajstić information content (AvgIpc) is 2.81. The van der Waals surface area contributed by atoms with Gasteiger partial charge in [-0.15, -0.1) is 0 Å². The molecule has 19 heavy (non-hydrogen) atoms. The van der Waals surface area contributed by atoms with Crippen molar-refractivity contribution in [2.24, 2.45) is 5.73 Å².